The zero-order chi connectivity index (χ0) is 36.4. The van der Waals surface area contributed by atoms with Gasteiger partial charge in [-0.1, -0.05) is 47.5 Å². The molecule has 3 atom stereocenters. The molecular weight excluding hydrogens is 672 g/mol. The number of hydrogen-bond acceptors (Lipinski definition) is 8. The average molecular weight is 718 g/mol. The molecule has 0 unspecified atom stereocenters. The van der Waals surface area contributed by atoms with Crippen molar-refractivity contribution in [2.24, 2.45) is 0 Å². The van der Waals surface area contributed by atoms with Crippen molar-refractivity contribution in [3.8, 4) is 28.9 Å². The second-order valence-corrected chi connectivity index (χ2v) is 21.2. The molecule has 0 radical (unpaired) electrons. The summed E-state index contributed by atoms with van der Waals surface area (Å²) in [5.41, 5.74) is 3.20. The summed E-state index contributed by atoms with van der Waals surface area (Å²) in [7, 11) is -2.31. The maximum Gasteiger partial charge on any atom is 0.346 e. The van der Waals surface area contributed by atoms with E-state index >= 15 is 8.78 Å². The lowest BCUT2D eigenvalue weighted by Gasteiger charge is -2.40. The van der Waals surface area contributed by atoms with Gasteiger partial charge in [-0.3, -0.25) is 4.90 Å². The average Bonchev–Trinajstić information content (AvgIpc) is 3.60. The first-order valence-corrected chi connectivity index (χ1v) is 20.4. The number of alkyl halides is 1. The van der Waals surface area contributed by atoms with Crippen molar-refractivity contribution in [3.05, 3.63) is 46.0 Å². The molecule has 0 spiro atoms. The Morgan fingerprint density at radius 1 is 1.06 bits per heavy atom. The molecule has 1 N–H and O–H groups in total. The summed E-state index contributed by atoms with van der Waals surface area (Å²) in [4.78, 5) is 37.9. The lowest BCUT2D eigenvalue weighted by Crippen LogP contribution is -2.46. The zero-order valence-corrected chi connectivity index (χ0v) is 31.4. The molecule has 6 heterocycles. The van der Waals surface area contributed by atoms with Crippen LogP contribution in [-0.4, -0.2) is 81.9 Å². The predicted octanol–water partition coefficient (Wildman–Crippen LogP) is 7.33. The molecule has 13 heteroatoms. The normalized spacial score (nSPS) is 22.3. The zero-order valence-electron chi connectivity index (χ0n) is 30.4. The summed E-state index contributed by atoms with van der Waals surface area (Å²) in [5.74, 6) is 2.21. The molecule has 4 aromatic rings. The Morgan fingerprint density at radius 2 is 1.80 bits per heavy atom. The van der Waals surface area contributed by atoms with Crippen molar-refractivity contribution in [1.29, 1.82) is 0 Å². The van der Waals surface area contributed by atoms with Gasteiger partial charge in [0.1, 0.15) is 49.4 Å². The molecule has 3 saturated heterocycles. The minimum absolute atomic E-state index is 0.0385. The van der Waals surface area contributed by atoms with Gasteiger partial charge >= 0.3 is 11.7 Å². The minimum Gasteiger partial charge on any atom is -0.461 e. The van der Waals surface area contributed by atoms with E-state index in [-0.39, 0.29) is 52.0 Å². The summed E-state index contributed by atoms with van der Waals surface area (Å²) in [5, 5.41) is 0.560. The van der Waals surface area contributed by atoms with E-state index in [2.05, 4.69) is 77.8 Å². The van der Waals surface area contributed by atoms with E-state index in [0.29, 0.717) is 47.3 Å². The molecule has 0 saturated carbocycles. The highest BCUT2D eigenvalue weighted by molar-refractivity contribution is 6.90. The Morgan fingerprint density at radius 3 is 2.47 bits per heavy atom. The van der Waals surface area contributed by atoms with Crippen LogP contribution in [0.2, 0.25) is 16.6 Å². The second-order valence-electron chi connectivity index (χ2n) is 15.6. The van der Waals surface area contributed by atoms with Crippen molar-refractivity contribution in [1.82, 2.24) is 29.8 Å². The summed E-state index contributed by atoms with van der Waals surface area (Å²) < 4.78 is 53.5. The van der Waals surface area contributed by atoms with E-state index in [1.165, 1.54) is 18.3 Å². The van der Waals surface area contributed by atoms with Crippen LogP contribution in [-0.2, 0) is 0 Å². The number of fused-ring (bicyclic) bond motifs is 3. The molecule has 270 valence electrons. The number of hydrogen-bond donors (Lipinski definition) is 1. The number of pyridine rings is 1. The molecule has 9 nitrogen and oxygen atoms in total. The number of benzene rings is 1. The highest BCUT2D eigenvalue weighted by atomic mass is 28.3. The van der Waals surface area contributed by atoms with Gasteiger partial charge < -0.3 is 14.6 Å². The fourth-order valence-corrected chi connectivity index (χ4v) is 14.3. The van der Waals surface area contributed by atoms with Crippen LogP contribution >= 0.6 is 0 Å². The highest BCUT2D eigenvalue weighted by Gasteiger charge is 2.49. The van der Waals surface area contributed by atoms with E-state index in [9.17, 15) is 9.18 Å². The number of nitrogens with zero attached hydrogens (tertiary/aromatic N) is 6. The number of rotatable bonds is 8. The minimum atomic E-state index is -2.31. The van der Waals surface area contributed by atoms with Gasteiger partial charge in [0, 0.05) is 37.1 Å². The third-order valence-corrected chi connectivity index (χ3v) is 18.1. The third kappa shape index (κ3) is 5.88. The summed E-state index contributed by atoms with van der Waals surface area (Å²) in [6.45, 7) is 17.1. The van der Waals surface area contributed by atoms with Crippen LogP contribution in [0.1, 0.15) is 79.7 Å². The molecule has 0 aliphatic carbocycles. The maximum atomic E-state index is 17.0. The van der Waals surface area contributed by atoms with Gasteiger partial charge in [0.25, 0.3) is 0 Å². The Hall–Kier alpha value is -4.02. The van der Waals surface area contributed by atoms with Crippen molar-refractivity contribution in [2.75, 3.05) is 31.1 Å². The van der Waals surface area contributed by atoms with E-state index in [1.54, 1.807) is 0 Å². The van der Waals surface area contributed by atoms with E-state index < -0.39 is 37.1 Å². The molecule has 3 aliphatic rings. The van der Waals surface area contributed by atoms with Gasteiger partial charge in [-0.15, -0.1) is 5.54 Å². The monoisotopic (exact) mass is 717 g/mol. The molecule has 3 aliphatic heterocycles. The number of nitrogens with one attached hydrogen (secondary N) is 1. The highest BCUT2D eigenvalue weighted by Crippen LogP contribution is 2.43. The van der Waals surface area contributed by atoms with Crippen LogP contribution in [0.25, 0.3) is 33.2 Å². The fraction of sp³-hybridized carbons (Fsp3) is 0.553. The Kier molecular flexibility index (Phi) is 9.15. The van der Waals surface area contributed by atoms with Crippen LogP contribution in [0.5, 0.6) is 6.01 Å². The summed E-state index contributed by atoms with van der Waals surface area (Å²) >= 11 is 0. The molecular formula is C38H46F3N7O2Si. The van der Waals surface area contributed by atoms with E-state index in [4.69, 9.17) is 9.72 Å². The van der Waals surface area contributed by atoms with Crippen LogP contribution < -0.4 is 15.3 Å². The van der Waals surface area contributed by atoms with Gasteiger partial charge in [-0.2, -0.15) is 9.97 Å². The maximum absolute atomic E-state index is 17.0. The third-order valence-electron chi connectivity index (χ3n) is 11.8. The standard InChI is InChI=1S/C38H46F3N7O2Si/c1-21(2)51(22(3)4,23(5)6)16-12-26-28(40)9-10-29-30(26)33(45-36(49)43-29)34-31(41)32-27(35(44-34)48-15-11-24(48)7)18-42-37(46-32)50-20-38-13-8-14-47(38)19-25(39)17-38/h9-10,18,21-25H,8,11,13-15,17,19-20H2,1-7H3,(H,43,45,49)/t24-,25+,38-/m0/s1. The van der Waals surface area contributed by atoms with E-state index in [1.807, 2.05) is 11.8 Å². The van der Waals surface area contributed by atoms with Gasteiger partial charge in [0.05, 0.1) is 22.0 Å². The number of halogens is 3. The smallest absolute Gasteiger partial charge is 0.346 e. The van der Waals surface area contributed by atoms with E-state index in [0.717, 1.165) is 25.8 Å². The largest absolute Gasteiger partial charge is 0.461 e. The van der Waals surface area contributed by atoms with Crippen molar-refractivity contribution in [3.63, 3.8) is 0 Å². The van der Waals surface area contributed by atoms with Crippen LogP contribution in [0, 0.1) is 23.1 Å². The Labute approximate surface area is 297 Å². The molecule has 0 bridgehead atoms. The molecule has 1 aromatic carbocycles. The van der Waals surface area contributed by atoms with Gasteiger partial charge in [-0.25, -0.2) is 27.9 Å². The molecule has 7 rings (SSSR count). The van der Waals surface area contributed by atoms with Crippen LogP contribution in [0.3, 0.4) is 0 Å². The van der Waals surface area contributed by atoms with Crippen LogP contribution in [0.4, 0.5) is 19.0 Å². The molecule has 51 heavy (non-hydrogen) atoms. The summed E-state index contributed by atoms with van der Waals surface area (Å²) in [6.07, 6.45) is 3.62. The Balaban J connectivity index is 1.42. The van der Waals surface area contributed by atoms with Crippen molar-refractivity contribution in [2.45, 2.75) is 109 Å². The number of aromatic amines is 1. The van der Waals surface area contributed by atoms with Crippen molar-refractivity contribution < 1.29 is 17.9 Å². The molecule has 0 amide bonds. The molecule has 3 aromatic heterocycles. The van der Waals surface area contributed by atoms with Gasteiger partial charge in [-0.05, 0) is 61.5 Å². The van der Waals surface area contributed by atoms with Gasteiger partial charge in [0.15, 0.2) is 5.82 Å². The first-order valence-electron chi connectivity index (χ1n) is 18.2. The number of H-pyrrole nitrogens is 1. The predicted molar refractivity (Wildman–Crippen MR) is 197 cm³/mol. The van der Waals surface area contributed by atoms with Crippen LogP contribution in [0.15, 0.2) is 23.1 Å². The fourth-order valence-electron chi connectivity index (χ4n) is 9.07. The number of ether oxygens (including phenoxy) is 1. The SMILES string of the molecule is CC(C)[Si](C#Cc1c(F)ccc2[nH]c(=O)nc(-c3nc(N4CC[C@@H]4C)c4cnc(OC[C@@]56CCCN5C[C@H](F)C6)nc4c3F)c12)(C(C)C)C(C)C. The number of anilines is 1. The Bertz CT molecular complexity index is 2110. The summed E-state index contributed by atoms with van der Waals surface area (Å²) in [6, 6.07) is 2.79. The topological polar surface area (TPSA) is 100 Å². The van der Waals surface area contributed by atoms with Crippen molar-refractivity contribution >= 4 is 35.7 Å². The second kappa shape index (κ2) is 13.2. The lowest BCUT2D eigenvalue weighted by molar-refractivity contribution is 0.107. The first kappa shape index (κ1) is 35.4. The quantitative estimate of drug-likeness (QED) is 0.150. The first-order chi connectivity index (χ1) is 24.3. The number of aromatic nitrogens is 5. The van der Waals surface area contributed by atoms with Gasteiger partial charge in [0.2, 0.25) is 0 Å². The molecule has 3 fully saturated rings. The lowest BCUT2D eigenvalue weighted by atomic mass is 9.95.